The van der Waals surface area contributed by atoms with Gasteiger partial charge in [-0.05, 0) is 83.5 Å². The van der Waals surface area contributed by atoms with Crippen LogP contribution in [0.1, 0.15) is 239 Å². The molecule has 0 aromatic rings. The van der Waals surface area contributed by atoms with E-state index in [-0.39, 0.29) is 25.9 Å². The third-order valence-corrected chi connectivity index (χ3v) is 13.0. The SMILES string of the molecule is CC/C=C\C/C=C\C/C=C\C/C=C\CCCCCCCCC(=O)OC(COC(=O)CCCCCCCCCCCCCCCCC)COP(=O)(O)OCC(CO)OC(=O)CC/C=C\C/C=C\C/C=C\C/C=C\CC. The first-order valence-electron chi connectivity index (χ1n) is 29.1. The number of esters is 3. The van der Waals surface area contributed by atoms with Gasteiger partial charge in [0.15, 0.2) is 6.10 Å². The highest BCUT2D eigenvalue weighted by Gasteiger charge is 2.28. The molecule has 0 aromatic carbocycles. The predicted octanol–water partition coefficient (Wildman–Crippen LogP) is 17.3. The van der Waals surface area contributed by atoms with Gasteiger partial charge < -0.3 is 24.2 Å². The summed E-state index contributed by atoms with van der Waals surface area (Å²) in [4.78, 5) is 48.5. The lowest BCUT2D eigenvalue weighted by atomic mass is 10.0. The molecular weight excluding hydrogens is 952 g/mol. The van der Waals surface area contributed by atoms with E-state index in [1.807, 2.05) is 12.2 Å². The van der Waals surface area contributed by atoms with Crippen molar-refractivity contribution in [2.24, 2.45) is 0 Å². The third-order valence-electron chi connectivity index (χ3n) is 12.0. The first-order chi connectivity index (χ1) is 36.2. The smallest absolute Gasteiger partial charge is 0.462 e. The molecule has 2 N–H and O–H groups in total. The molecule has 0 aliphatic rings. The van der Waals surface area contributed by atoms with Crippen molar-refractivity contribution in [3.63, 3.8) is 0 Å². The fraction of sp³-hybridized carbons (Fsp3) is 0.694. The Morgan fingerprint density at radius 1 is 0.392 bits per heavy atom. The highest BCUT2D eigenvalue weighted by Crippen LogP contribution is 2.43. The van der Waals surface area contributed by atoms with Crippen LogP contribution >= 0.6 is 7.82 Å². The van der Waals surface area contributed by atoms with Crippen LogP contribution in [0.4, 0.5) is 0 Å². The van der Waals surface area contributed by atoms with Crippen molar-refractivity contribution in [2.45, 2.75) is 251 Å². The zero-order valence-corrected chi connectivity index (χ0v) is 47.7. The Morgan fingerprint density at radius 3 is 1.16 bits per heavy atom. The van der Waals surface area contributed by atoms with Gasteiger partial charge in [-0.15, -0.1) is 0 Å². The Bertz CT molecular complexity index is 1610. The van der Waals surface area contributed by atoms with Crippen molar-refractivity contribution < 1.29 is 52.2 Å². The monoisotopic (exact) mass is 1060 g/mol. The molecule has 0 heterocycles. The lowest BCUT2D eigenvalue weighted by molar-refractivity contribution is -0.161. The van der Waals surface area contributed by atoms with Crippen molar-refractivity contribution in [2.75, 3.05) is 26.4 Å². The topological polar surface area (TPSA) is 155 Å². The van der Waals surface area contributed by atoms with Gasteiger partial charge in [0.1, 0.15) is 12.7 Å². The number of carbonyl (C=O) groups is 3. The van der Waals surface area contributed by atoms with Crippen LogP contribution in [-0.4, -0.2) is 66.5 Å². The van der Waals surface area contributed by atoms with E-state index >= 15 is 0 Å². The number of phosphoric ester groups is 1. The highest BCUT2D eigenvalue weighted by atomic mass is 31.2. The Kier molecular flexibility index (Phi) is 52.9. The van der Waals surface area contributed by atoms with E-state index < -0.39 is 57.8 Å². The molecule has 0 bridgehead atoms. The summed E-state index contributed by atoms with van der Waals surface area (Å²) in [5, 5.41) is 9.79. The quantitative estimate of drug-likeness (QED) is 0.0197. The summed E-state index contributed by atoms with van der Waals surface area (Å²) in [6.07, 6.45) is 65.2. The molecule has 0 aliphatic carbocycles. The van der Waals surface area contributed by atoms with E-state index in [0.29, 0.717) is 19.3 Å². The second kappa shape index (κ2) is 55.6. The number of rotatable bonds is 53. The second-order valence-corrected chi connectivity index (χ2v) is 20.5. The number of unbranched alkanes of at least 4 members (excludes halogenated alkanes) is 20. The number of ether oxygens (including phenoxy) is 3. The maximum Gasteiger partial charge on any atom is 0.472 e. The molecule has 0 aromatic heterocycles. The summed E-state index contributed by atoms with van der Waals surface area (Å²) >= 11 is 0. The van der Waals surface area contributed by atoms with Crippen LogP contribution in [0.15, 0.2) is 97.2 Å². The maximum absolute atomic E-state index is 12.9. The van der Waals surface area contributed by atoms with Gasteiger partial charge in [-0.1, -0.05) is 234 Å². The molecule has 0 fully saturated rings. The van der Waals surface area contributed by atoms with Crippen LogP contribution in [0, 0.1) is 0 Å². The molecule has 0 aliphatic heterocycles. The van der Waals surface area contributed by atoms with Crippen molar-refractivity contribution >= 4 is 25.7 Å². The molecule has 424 valence electrons. The Hall–Kier alpha value is -3.60. The number of allylic oxidation sites excluding steroid dienone is 16. The fourth-order valence-corrected chi connectivity index (χ4v) is 8.44. The van der Waals surface area contributed by atoms with Crippen LogP contribution in [0.2, 0.25) is 0 Å². The molecular formula is C62H105O11P. The molecule has 0 amide bonds. The summed E-state index contributed by atoms with van der Waals surface area (Å²) in [5.41, 5.74) is 0. The van der Waals surface area contributed by atoms with Gasteiger partial charge in [-0.25, -0.2) is 4.57 Å². The number of hydrogen-bond acceptors (Lipinski definition) is 10. The van der Waals surface area contributed by atoms with Crippen LogP contribution < -0.4 is 0 Å². The molecule has 0 spiro atoms. The number of carbonyl (C=O) groups excluding carboxylic acids is 3. The first kappa shape index (κ1) is 70.4. The molecule has 3 unspecified atom stereocenters. The summed E-state index contributed by atoms with van der Waals surface area (Å²) < 4.78 is 39.4. The molecule has 11 nitrogen and oxygen atoms in total. The zero-order chi connectivity index (χ0) is 54.1. The first-order valence-corrected chi connectivity index (χ1v) is 30.6. The van der Waals surface area contributed by atoms with Crippen LogP contribution in [0.3, 0.4) is 0 Å². The minimum Gasteiger partial charge on any atom is -0.462 e. The van der Waals surface area contributed by atoms with Gasteiger partial charge >= 0.3 is 25.7 Å². The van der Waals surface area contributed by atoms with E-state index in [1.54, 1.807) is 0 Å². The van der Waals surface area contributed by atoms with E-state index in [9.17, 15) is 28.9 Å². The fourth-order valence-electron chi connectivity index (χ4n) is 7.66. The minimum absolute atomic E-state index is 0.0521. The number of phosphoric acid groups is 1. The average molecular weight is 1060 g/mol. The molecule has 12 heteroatoms. The van der Waals surface area contributed by atoms with E-state index in [4.69, 9.17) is 23.3 Å². The zero-order valence-electron chi connectivity index (χ0n) is 46.8. The molecule has 0 radical (unpaired) electrons. The van der Waals surface area contributed by atoms with E-state index in [0.717, 1.165) is 109 Å². The van der Waals surface area contributed by atoms with Gasteiger partial charge in [-0.3, -0.25) is 23.4 Å². The predicted molar refractivity (Wildman–Crippen MR) is 307 cm³/mol. The van der Waals surface area contributed by atoms with Gasteiger partial charge in [0, 0.05) is 19.3 Å². The molecule has 0 saturated carbocycles. The summed E-state index contributed by atoms with van der Waals surface area (Å²) in [7, 11) is -4.77. The van der Waals surface area contributed by atoms with E-state index in [1.165, 1.54) is 70.6 Å². The van der Waals surface area contributed by atoms with Gasteiger partial charge in [-0.2, -0.15) is 0 Å². The molecule has 0 rings (SSSR count). The lowest BCUT2D eigenvalue weighted by Gasteiger charge is -2.21. The average Bonchev–Trinajstić information content (AvgIpc) is 3.39. The number of aliphatic hydroxyl groups is 1. The van der Waals surface area contributed by atoms with Crippen molar-refractivity contribution in [3.8, 4) is 0 Å². The number of hydrogen-bond donors (Lipinski definition) is 2. The molecule has 3 atom stereocenters. The van der Waals surface area contributed by atoms with Gasteiger partial charge in [0.2, 0.25) is 0 Å². The van der Waals surface area contributed by atoms with E-state index in [2.05, 4.69) is 106 Å². The molecule has 74 heavy (non-hydrogen) atoms. The van der Waals surface area contributed by atoms with Crippen LogP contribution in [0.5, 0.6) is 0 Å². The third kappa shape index (κ3) is 53.2. The largest absolute Gasteiger partial charge is 0.472 e. The van der Waals surface area contributed by atoms with Gasteiger partial charge in [0.25, 0.3) is 0 Å². The molecule has 0 saturated heterocycles. The summed E-state index contributed by atoms with van der Waals surface area (Å²) in [6, 6.07) is 0. The van der Waals surface area contributed by atoms with Crippen LogP contribution in [-0.2, 0) is 42.2 Å². The maximum atomic E-state index is 12.9. The van der Waals surface area contributed by atoms with Crippen molar-refractivity contribution in [1.82, 2.24) is 0 Å². The normalized spacial score (nSPS) is 14.1. The summed E-state index contributed by atoms with van der Waals surface area (Å²) in [5.74, 6) is -1.57. The van der Waals surface area contributed by atoms with Gasteiger partial charge in [0.05, 0.1) is 19.8 Å². The lowest BCUT2D eigenvalue weighted by Crippen LogP contribution is -2.30. The minimum atomic E-state index is -4.77. The summed E-state index contributed by atoms with van der Waals surface area (Å²) in [6.45, 7) is 4.33. The van der Waals surface area contributed by atoms with Crippen molar-refractivity contribution in [1.29, 1.82) is 0 Å². The van der Waals surface area contributed by atoms with Crippen molar-refractivity contribution in [3.05, 3.63) is 97.2 Å². The standard InChI is InChI=1S/C62H105O11P/c1-4-7-10-13-16-19-22-25-27-28-29-30-32-35-38-41-44-47-50-53-62(66)73-59(55-69-60(64)51-48-45-42-39-36-34-31-26-23-20-17-14-11-8-5-2)57-71-74(67,68)70-56-58(54-63)72-61(65)52-49-46-43-40-37-33-24-21-18-15-12-9-6-3/h7,9-10,12,16,18-19,21,25,27,29-30,33,37,43,46,58-59,63H,4-6,8,11,13-15,17,20,22-24,26,28,31-32,34-36,38-42,44-45,47-57H2,1-3H3,(H,67,68)/b10-7-,12-9-,19-16-,21-18-,27-25-,30-29-,37-33-,46-43-. The Morgan fingerprint density at radius 2 is 0.730 bits per heavy atom. The second-order valence-electron chi connectivity index (χ2n) is 19.0. The Labute approximate surface area is 451 Å². The van der Waals surface area contributed by atoms with Crippen LogP contribution in [0.25, 0.3) is 0 Å². The number of aliphatic hydroxyl groups excluding tert-OH is 1. The Balaban J connectivity index is 4.81. The highest BCUT2D eigenvalue weighted by molar-refractivity contribution is 7.47.